The lowest BCUT2D eigenvalue weighted by atomic mass is 9.45. The number of rotatable bonds is 0. The third-order valence-electron chi connectivity index (χ3n) is 10.3. The van der Waals surface area contributed by atoms with Crippen molar-refractivity contribution in [3.05, 3.63) is 38.2 Å². The minimum atomic E-state index is -0.596. The van der Waals surface area contributed by atoms with Crippen molar-refractivity contribution in [3.8, 4) is 11.4 Å². The fourth-order valence-electron chi connectivity index (χ4n) is 8.68. The van der Waals surface area contributed by atoms with E-state index in [1.165, 1.54) is 11.3 Å². The number of H-pyrrole nitrogens is 1. The number of aliphatic hydroxyl groups is 2. The van der Waals surface area contributed by atoms with Crippen molar-refractivity contribution in [2.45, 2.75) is 71.0 Å². The van der Waals surface area contributed by atoms with Crippen LogP contribution in [0.25, 0.3) is 11.4 Å². The van der Waals surface area contributed by atoms with E-state index in [2.05, 4.69) is 23.8 Å². The van der Waals surface area contributed by atoms with Crippen LogP contribution in [0.1, 0.15) is 57.2 Å². The first-order valence-corrected chi connectivity index (χ1v) is 12.1. The van der Waals surface area contributed by atoms with Gasteiger partial charge in [0.1, 0.15) is 0 Å². The molecule has 3 N–H and O–H groups in total. The van der Waals surface area contributed by atoms with Gasteiger partial charge in [0.05, 0.1) is 17.8 Å². The zero-order valence-electron chi connectivity index (χ0n) is 19.1. The maximum Gasteiger partial charge on any atom is 0.349 e. The number of hydrogen-bond acceptors (Lipinski definition) is 5. The maximum absolute atomic E-state index is 12.5. The molecule has 0 saturated heterocycles. The first-order chi connectivity index (χ1) is 15.1. The molecule has 4 aliphatic carbocycles. The van der Waals surface area contributed by atoms with E-state index in [4.69, 9.17) is 0 Å². The van der Waals surface area contributed by atoms with Crippen LogP contribution in [0, 0.1) is 34.5 Å². The van der Waals surface area contributed by atoms with E-state index in [0.29, 0.717) is 35.6 Å². The molecular formula is C25H33N3O4. The van der Waals surface area contributed by atoms with Crippen molar-refractivity contribution >= 4 is 0 Å². The highest BCUT2D eigenvalue weighted by atomic mass is 16.3. The predicted octanol–water partition coefficient (Wildman–Crippen LogP) is 1.86. The number of nitrogens with zero attached hydrogens (tertiary/aromatic N) is 2. The van der Waals surface area contributed by atoms with Gasteiger partial charge < -0.3 is 14.8 Å². The van der Waals surface area contributed by atoms with Crippen LogP contribution in [-0.4, -0.2) is 37.0 Å². The Hall–Kier alpha value is -1.99. The minimum Gasteiger partial charge on any atom is -0.393 e. The van der Waals surface area contributed by atoms with Gasteiger partial charge in [0.15, 0.2) is 5.82 Å². The molecule has 2 heterocycles. The SMILES string of the molecule is Cn1c2nc(=O)[nH]c(=O)c-2cc2c1C[C@@H]1CC[C@H]3[C@@H]4[C@H](O)C[C@H](O)[C@@]4(C)CC[C@@H]3[C@@]1(C)C2. The van der Waals surface area contributed by atoms with E-state index in [0.717, 1.165) is 38.5 Å². The Bertz CT molecular complexity index is 1190. The van der Waals surface area contributed by atoms with Crippen LogP contribution in [0.3, 0.4) is 0 Å². The molecule has 8 atom stereocenters. The summed E-state index contributed by atoms with van der Waals surface area (Å²) in [5.74, 6) is 2.11. The molecule has 32 heavy (non-hydrogen) atoms. The Morgan fingerprint density at radius 3 is 2.72 bits per heavy atom. The summed E-state index contributed by atoms with van der Waals surface area (Å²) in [7, 11) is 1.92. The van der Waals surface area contributed by atoms with Crippen LogP contribution in [0.5, 0.6) is 0 Å². The summed E-state index contributed by atoms with van der Waals surface area (Å²) in [4.78, 5) is 30.7. The summed E-state index contributed by atoms with van der Waals surface area (Å²) in [6, 6.07) is 1.96. The zero-order valence-corrected chi connectivity index (χ0v) is 19.1. The summed E-state index contributed by atoms with van der Waals surface area (Å²) in [5, 5.41) is 21.6. The molecule has 6 aliphatic rings. The monoisotopic (exact) mass is 439 g/mol. The normalized spacial score (nSPS) is 42.8. The van der Waals surface area contributed by atoms with Gasteiger partial charge in [0, 0.05) is 19.2 Å². The van der Waals surface area contributed by atoms with Gasteiger partial charge in [-0.2, -0.15) is 4.98 Å². The lowest BCUT2D eigenvalue weighted by Crippen LogP contribution is -2.56. The highest BCUT2D eigenvalue weighted by Crippen LogP contribution is 2.65. The van der Waals surface area contributed by atoms with Crippen molar-refractivity contribution in [1.29, 1.82) is 0 Å². The Labute approximate surface area is 187 Å². The van der Waals surface area contributed by atoms with Crippen LogP contribution in [0.4, 0.5) is 0 Å². The minimum absolute atomic E-state index is 0.101. The first kappa shape index (κ1) is 20.6. The third kappa shape index (κ3) is 2.52. The molecule has 3 fully saturated rings. The van der Waals surface area contributed by atoms with E-state index in [1.807, 2.05) is 17.7 Å². The molecule has 2 aliphatic heterocycles. The van der Waals surface area contributed by atoms with Gasteiger partial charge in [-0.05, 0) is 84.7 Å². The number of nitrogens with one attached hydrogen (secondary N) is 1. The third-order valence-corrected chi connectivity index (χ3v) is 10.3. The summed E-state index contributed by atoms with van der Waals surface area (Å²) in [6.45, 7) is 4.61. The lowest BCUT2D eigenvalue weighted by Gasteiger charge is -2.60. The lowest BCUT2D eigenvalue weighted by molar-refractivity contribution is -0.127. The molecule has 0 spiro atoms. The van der Waals surface area contributed by atoms with Crippen molar-refractivity contribution in [2.24, 2.45) is 41.5 Å². The molecule has 0 aromatic rings. The number of hydrogen-bond donors (Lipinski definition) is 3. The van der Waals surface area contributed by atoms with Gasteiger partial charge in [-0.1, -0.05) is 13.8 Å². The molecule has 0 aromatic heterocycles. The Morgan fingerprint density at radius 1 is 1.16 bits per heavy atom. The van der Waals surface area contributed by atoms with Crippen molar-refractivity contribution < 1.29 is 10.2 Å². The second-order valence-corrected chi connectivity index (χ2v) is 11.6. The van der Waals surface area contributed by atoms with Crippen LogP contribution >= 0.6 is 0 Å². The van der Waals surface area contributed by atoms with Crippen LogP contribution < -0.4 is 11.2 Å². The topological polar surface area (TPSA) is 108 Å². The van der Waals surface area contributed by atoms with Crippen molar-refractivity contribution in [3.63, 3.8) is 0 Å². The maximum atomic E-state index is 12.5. The van der Waals surface area contributed by atoms with Gasteiger partial charge in [0.2, 0.25) is 0 Å². The summed E-state index contributed by atoms with van der Waals surface area (Å²) in [6.07, 6.45) is 5.79. The Morgan fingerprint density at radius 2 is 1.94 bits per heavy atom. The van der Waals surface area contributed by atoms with Gasteiger partial charge in [0.25, 0.3) is 5.56 Å². The molecule has 0 amide bonds. The molecule has 3 saturated carbocycles. The van der Waals surface area contributed by atoms with Crippen molar-refractivity contribution in [2.75, 3.05) is 0 Å². The predicted molar refractivity (Wildman–Crippen MR) is 119 cm³/mol. The van der Waals surface area contributed by atoms with Gasteiger partial charge >= 0.3 is 5.69 Å². The zero-order chi connectivity index (χ0) is 22.6. The Kier molecular flexibility index (Phi) is 4.21. The second-order valence-electron chi connectivity index (χ2n) is 11.6. The molecule has 0 radical (unpaired) electrons. The quantitative estimate of drug-likeness (QED) is 0.581. The molecule has 0 unspecified atom stereocenters. The van der Waals surface area contributed by atoms with E-state index in [-0.39, 0.29) is 22.3 Å². The summed E-state index contributed by atoms with van der Waals surface area (Å²) < 4.78 is 1.96. The van der Waals surface area contributed by atoms with E-state index in [9.17, 15) is 19.8 Å². The number of aromatic amines is 1. The average molecular weight is 440 g/mol. The van der Waals surface area contributed by atoms with Crippen molar-refractivity contribution in [1.82, 2.24) is 14.5 Å². The largest absolute Gasteiger partial charge is 0.393 e. The highest BCUT2D eigenvalue weighted by molar-refractivity contribution is 5.58. The van der Waals surface area contributed by atoms with E-state index < -0.39 is 17.9 Å². The molecular weight excluding hydrogens is 406 g/mol. The fourth-order valence-corrected chi connectivity index (χ4v) is 8.68. The Balaban J connectivity index is 1.43. The first-order valence-electron chi connectivity index (χ1n) is 12.1. The van der Waals surface area contributed by atoms with E-state index in [1.54, 1.807) is 0 Å². The highest BCUT2D eigenvalue weighted by Gasteiger charge is 2.62. The molecule has 0 aromatic carbocycles. The van der Waals surface area contributed by atoms with Gasteiger partial charge in [-0.15, -0.1) is 0 Å². The van der Waals surface area contributed by atoms with E-state index >= 15 is 0 Å². The molecule has 7 nitrogen and oxygen atoms in total. The molecule has 6 rings (SSSR count). The molecule has 0 bridgehead atoms. The smallest absolute Gasteiger partial charge is 0.349 e. The van der Waals surface area contributed by atoms with Crippen LogP contribution in [-0.2, 0) is 19.9 Å². The number of aliphatic hydroxyl groups excluding tert-OH is 2. The van der Waals surface area contributed by atoms with Crippen LogP contribution in [0.2, 0.25) is 0 Å². The second kappa shape index (κ2) is 6.54. The van der Waals surface area contributed by atoms with Gasteiger partial charge in [-0.3, -0.25) is 9.78 Å². The van der Waals surface area contributed by atoms with Gasteiger partial charge in [-0.25, -0.2) is 4.79 Å². The summed E-state index contributed by atoms with van der Waals surface area (Å²) in [5.41, 5.74) is 1.81. The molecule has 7 heteroatoms. The number of fused-ring (bicyclic) bond motifs is 7. The standard InChI is InChI=1S/C25H33N3O4/c1-24-7-6-16-14(20(24)18(29)10-19(24)30)5-4-13-9-17-12(11-25(13,16)2)8-15-21(28(17)3)26-23(32)27-22(15)31/h8,13-14,16,18-20,29-30H,4-7,9-11H2,1-3H3,(H,27,31,32)/t13-,14+,16-,18+,19-,20+,24+,25-/m0/s1. The van der Waals surface area contributed by atoms with Crippen LogP contribution in [0.15, 0.2) is 15.7 Å². The molecule has 172 valence electrons. The fraction of sp³-hybridized carbons (Fsp3) is 0.720. The summed E-state index contributed by atoms with van der Waals surface area (Å²) >= 11 is 0. The average Bonchev–Trinajstić information content (AvgIpc) is 2.96. The number of pyridine rings is 1. The number of aromatic nitrogens is 3.